The van der Waals surface area contributed by atoms with Crippen LogP contribution in [0.4, 0.5) is 17.8 Å². The molecule has 2 saturated heterocycles. The highest BCUT2D eigenvalue weighted by atomic mass is 79.9. The van der Waals surface area contributed by atoms with Crippen molar-refractivity contribution in [1.82, 2.24) is 15.0 Å². The zero-order chi connectivity index (χ0) is 22.5. The van der Waals surface area contributed by atoms with Crippen LogP contribution in [0.1, 0.15) is 5.56 Å². The Morgan fingerprint density at radius 1 is 1.03 bits per heavy atom. The molecule has 32 heavy (non-hydrogen) atoms. The zero-order valence-corrected chi connectivity index (χ0v) is 20.6. The van der Waals surface area contributed by atoms with Gasteiger partial charge < -0.3 is 29.1 Å². The van der Waals surface area contributed by atoms with Crippen molar-refractivity contribution < 1.29 is 19.3 Å². The maximum atomic E-state index is 10.4. The summed E-state index contributed by atoms with van der Waals surface area (Å²) in [6, 6.07) is 1.67. The maximum absolute atomic E-state index is 10.4. The number of ether oxygens (including phenoxy) is 3. The molecule has 0 atom stereocenters. The summed E-state index contributed by atoms with van der Waals surface area (Å²) in [6.07, 6.45) is 1.47. The standard InChI is InChI=1S/C19H23Br2N7O4/c1-30-14-10-13(20)15(21)12(16(14)29)11-22-26-17-23-18(27-2-6-31-7-3-27)25-19(24-17)28-4-8-32-9-5-28/h10-11,29H,2-9H2,1H3,(H,23,24,25,26)/b22-11+. The van der Waals surface area contributed by atoms with E-state index in [1.807, 2.05) is 0 Å². The zero-order valence-electron chi connectivity index (χ0n) is 17.4. The lowest BCUT2D eigenvalue weighted by Crippen LogP contribution is -2.40. The summed E-state index contributed by atoms with van der Waals surface area (Å²) in [5.74, 6) is 1.72. The van der Waals surface area contributed by atoms with Gasteiger partial charge in [0.05, 0.1) is 45.3 Å². The highest BCUT2D eigenvalue weighted by Gasteiger charge is 2.21. The first-order valence-electron chi connectivity index (χ1n) is 10.0. The van der Waals surface area contributed by atoms with Crippen molar-refractivity contribution in [2.45, 2.75) is 0 Å². The number of aromatic nitrogens is 3. The molecule has 172 valence electrons. The fourth-order valence-electron chi connectivity index (χ4n) is 3.25. The fraction of sp³-hybridized carbons (Fsp3) is 0.474. The number of morpholine rings is 2. The Morgan fingerprint density at radius 2 is 1.59 bits per heavy atom. The van der Waals surface area contributed by atoms with Gasteiger partial charge in [0.1, 0.15) is 0 Å². The molecule has 0 bridgehead atoms. The van der Waals surface area contributed by atoms with E-state index in [0.717, 1.165) is 4.47 Å². The van der Waals surface area contributed by atoms with E-state index in [0.29, 0.717) is 86.2 Å². The average molecular weight is 573 g/mol. The number of halogens is 2. The van der Waals surface area contributed by atoms with Gasteiger partial charge in [0, 0.05) is 35.1 Å². The molecule has 2 N–H and O–H groups in total. The quantitative estimate of drug-likeness (QED) is 0.394. The number of rotatable bonds is 6. The molecule has 0 unspecified atom stereocenters. The monoisotopic (exact) mass is 571 g/mol. The van der Waals surface area contributed by atoms with Gasteiger partial charge in [-0.1, -0.05) is 0 Å². The number of nitrogens with one attached hydrogen (secondary N) is 1. The Hall–Kier alpha value is -2.22. The van der Waals surface area contributed by atoms with E-state index in [4.69, 9.17) is 14.2 Å². The lowest BCUT2D eigenvalue weighted by molar-refractivity contribution is 0.121. The van der Waals surface area contributed by atoms with Crippen LogP contribution in [0.3, 0.4) is 0 Å². The molecule has 0 spiro atoms. The molecular formula is C19H23Br2N7O4. The highest BCUT2D eigenvalue weighted by molar-refractivity contribution is 9.13. The van der Waals surface area contributed by atoms with Gasteiger partial charge in [-0.05, 0) is 37.9 Å². The lowest BCUT2D eigenvalue weighted by atomic mass is 10.2. The molecular weight excluding hydrogens is 550 g/mol. The van der Waals surface area contributed by atoms with Crippen LogP contribution in [0.2, 0.25) is 0 Å². The van der Waals surface area contributed by atoms with Crippen LogP contribution in [-0.4, -0.2) is 86.0 Å². The topological polar surface area (TPSA) is 117 Å². The largest absolute Gasteiger partial charge is 0.504 e. The van der Waals surface area contributed by atoms with Gasteiger partial charge in [-0.25, -0.2) is 5.43 Å². The van der Waals surface area contributed by atoms with Gasteiger partial charge in [-0.2, -0.15) is 20.1 Å². The average Bonchev–Trinajstić information content (AvgIpc) is 2.84. The fourth-order valence-corrected chi connectivity index (χ4v) is 4.08. The van der Waals surface area contributed by atoms with Crippen LogP contribution in [0.15, 0.2) is 20.1 Å². The van der Waals surface area contributed by atoms with Gasteiger partial charge in [0.25, 0.3) is 0 Å². The lowest BCUT2D eigenvalue weighted by Gasteiger charge is -2.30. The van der Waals surface area contributed by atoms with Crippen molar-refractivity contribution in [3.05, 3.63) is 20.6 Å². The van der Waals surface area contributed by atoms with Crippen molar-refractivity contribution >= 4 is 55.9 Å². The summed E-state index contributed by atoms with van der Waals surface area (Å²) in [5, 5.41) is 14.7. The molecule has 1 aromatic heterocycles. The van der Waals surface area contributed by atoms with Crippen LogP contribution in [0, 0.1) is 0 Å². The smallest absolute Gasteiger partial charge is 0.250 e. The van der Waals surface area contributed by atoms with Crippen molar-refractivity contribution in [3.63, 3.8) is 0 Å². The number of hydrazone groups is 1. The summed E-state index contributed by atoms with van der Waals surface area (Å²) in [6.45, 7) is 5.30. The second-order valence-corrected chi connectivity index (χ2v) is 8.61. The number of hydrogen-bond acceptors (Lipinski definition) is 11. The first-order chi connectivity index (χ1) is 15.6. The molecule has 11 nitrogen and oxygen atoms in total. The number of phenolic OH excluding ortho intramolecular Hbond substituents is 1. The molecule has 0 aliphatic carbocycles. The SMILES string of the molecule is COc1cc(Br)c(Br)c(/C=N/Nc2nc(N3CCOCC3)nc(N3CCOCC3)n2)c1O. The van der Waals surface area contributed by atoms with Crippen molar-refractivity contribution in [2.24, 2.45) is 5.10 Å². The third kappa shape index (κ3) is 5.22. The van der Waals surface area contributed by atoms with Gasteiger partial charge in [-0.15, -0.1) is 0 Å². The van der Waals surface area contributed by atoms with Crippen LogP contribution in [-0.2, 0) is 9.47 Å². The van der Waals surface area contributed by atoms with E-state index in [1.165, 1.54) is 13.3 Å². The van der Waals surface area contributed by atoms with Crippen molar-refractivity contribution in [1.29, 1.82) is 0 Å². The molecule has 13 heteroatoms. The van der Waals surface area contributed by atoms with E-state index in [9.17, 15) is 5.11 Å². The minimum absolute atomic E-state index is 0.0354. The molecule has 0 saturated carbocycles. The van der Waals surface area contributed by atoms with Gasteiger partial charge in [0.2, 0.25) is 17.8 Å². The molecule has 2 aliphatic heterocycles. The van der Waals surface area contributed by atoms with Crippen LogP contribution in [0.5, 0.6) is 11.5 Å². The Kier molecular flexibility index (Phi) is 7.60. The minimum atomic E-state index is -0.0354. The van der Waals surface area contributed by atoms with Gasteiger partial charge in [0.15, 0.2) is 11.5 Å². The first-order valence-corrected chi connectivity index (χ1v) is 11.6. The first kappa shape index (κ1) is 23.0. The van der Waals surface area contributed by atoms with Crippen LogP contribution < -0.4 is 20.0 Å². The second kappa shape index (κ2) is 10.6. The van der Waals surface area contributed by atoms with E-state index < -0.39 is 0 Å². The number of aromatic hydroxyl groups is 1. The van der Waals surface area contributed by atoms with E-state index in [1.54, 1.807) is 6.07 Å². The Labute approximate surface area is 202 Å². The predicted molar refractivity (Wildman–Crippen MR) is 127 cm³/mol. The molecule has 3 heterocycles. The third-order valence-electron chi connectivity index (χ3n) is 4.97. The van der Waals surface area contributed by atoms with Gasteiger partial charge in [-0.3, -0.25) is 0 Å². The summed E-state index contributed by atoms with van der Waals surface area (Å²) < 4.78 is 17.4. The minimum Gasteiger partial charge on any atom is -0.504 e. The number of nitrogens with zero attached hydrogens (tertiary/aromatic N) is 6. The number of benzene rings is 1. The van der Waals surface area contributed by atoms with E-state index in [-0.39, 0.29) is 5.75 Å². The molecule has 4 rings (SSSR count). The van der Waals surface area contributed by atoms with Crippen LogP contribution in [0.25, 0.3) is 0 Å². The Balaban J connectivity index is 1.60. The number of methoxy groups -OCH3 is 1. The molecule has 2 fully saturated rings. The van der Waals surface area contributed by atoms with Crippen LogP contribution >= 0.6 is 31.9 Å². The molecule has 1 aromatic carbocycles. The predicted octanol–water partition coefficient (Wildman–Crippen LogP) is 2.23. The van der Waals surface area contributed by atoms with Crippen molar-refractivity contribution in [2.75, 3.05) is 74.9 Å². The Morgan fingerprint density at radius 3 is 2.12 bits per heavy atom. The van der Waals surface area contributed by atoms with Gasteiger partial charge >= 0.3 is 0 Å². The summed E-state index contributed by atoms with van der Waals surface area (Å²) in [7, 11) is 1.49. The number of anilines is 3. The molecule has 0 amide bonds. The number of phenols is 1. The highest BCUT2D eigenvalue weighted by Crippen LogP contribution is 2.39. The van der Waals surface area contributed by atoms with E-state index in [2.05, 4.69) is 67.1 Å². The maximum Gasteiger partial charge on any atom is 0.250 e. The summed E-state index contributed by atoms with van der Waals surface area (Å²) >= 11 is 6.88. The molecule has 2 aliphatic rings. The normalized spacial score (nSPS) is 17.1. The summed E-state index contributed by atoms with van der Waals surface area (Å²) in [4.78, 5) is 17.9. The van der Waals surface area contributed by atoms with Crippen molar-refractivity contribution in [3.8, 4) is 11.5 Å². The molecule has 0 radical (unpaired) electrons. The van der Waals surface area contributed by atoms with E-state index >= 15 is 0 Å². The summed E-state index contributed by atoms with van der Waals surface area (Å²) in [5.41, 5.74) is 3.31. The Bertz CT molecular complexity index is 946. The number of hydrogen-bond donors (Lipinski definition) is 2. The third-order valence-corrected chi connectivity index (χ3v) is 6.98. The molecule has 2 aromatic rings. The second-order valence-electron chi connectivity index (χ2n) is 6.96.